The van der Waals surface area contributed by atoms with Gasteiger partial charge in [0.1, 0.15) is 12.7 Å². The first kappa shape index (κ1) is 15.5. The number of aromatic nitrogens is 3. The molecule has 1 N–H and O–H groups in total. The quantitative estimate of drug-likeness (QED) is 0.693. The monoisotopic (exact) mass is 286 g/mol. The van der Waals surface area contributed by atoms with E-state index >= 15 is 0 Å². The van der Waals surface area contributed by atoms with Crippen molar-refractivity contribution < 1.29 is 0 Å². The summed E-state index contributed by atoms with van der Waals surface area (Å²) in [6.07, 6.45) is 11.2. The number of anilines is 1. The van der Waals surface area contributed by atoms with Gasteiger partial charge in [0.05, 0.1) is 11.4 Å². The van der Waals surface area contributed by atoms with Crippen LogP contribution in [-0.4, -0.2) is 20.8 Å². The average Bonchev–Trinajstić information content (AvgIpc) is 3.02. The lowest BCUT2D eigenvalue weighted by atomic mass is 10.1. The molecule has 0 bridgehead atoms. The third-order valence-electron chi connectivity index (χ3n) is 3.71. The largest absolute Gasteiger partial charge is 0.381 e. The van der Waals surface area contributed by atoms with Crippen molar-refractivity contribution >= 4 is 5.69 Å². The number of rotatable bonds is 9. The van der Waals surface area contributed by atoms with Gasteiger partial charge in [0, 0.05) is 6.04 Å². The van der Waals surface area contributed by atoms with Crippen LogP contribution in [0, 0.1) is 0 Å². The zero-order valence-electron chi connectivity index (χ0n) is 13.1. The zero-order valence-corrected chi connectivity index (χ0v) is 13.1. The summed E-state index contributed by atoms with van der Waals surface area (Å²) in [6.45, 7) is 4.50. The molecule has 1 atom stereocenters. The number of para-hydroxylation sites is 2. The van der Waals surface area contributed by atoms with Crippen molar-refractivity contribution in [2.45, 2.75) is 58.4 Å². The fraction of sp³-hybridized carbons (Fsp3) is 0.529. The van der Waals surface area contributed by atoms with E-state index in [-0.39, 0.29) is 0 Å². The van der Waals surface area contributed by atoms with Gasteiger partial charge in [-0.2, -0.15) is 5.10 Å². The molecular weight excluding hydrogens is 260 g/mol. The smallest absolute Gasteiger partial charge is 0.138 e. The van der Waals surface area contributed by atoms with Crippen LogP contribution in [0.25, 0.3) is 5.69 Å². The summed E-state index contributed by atoms with van der Waals surface area (Å²) >= 11 is 0. The molecule has 4 nitrogen and oxygen atoms in total. The Morgan fingerprint density at radius 2 is 1.95 bits per heavy atom. The second-order valence-corrected chi connectivity index (χ2v) is 5.61. The predicted octanol–water partition coefficient (Wildman–Crippen LogP) is 4.43. The van der Waals surface area contributed by atoms with Gasteiger partial charge in [0.25, 0.3) is 0 Å². The zero-order chi connectivity index (χ0) is 14.9. The second kappa shape index (κ2) is 8.45. The van der Waals surface area contributed by atoms with Crippen LogP contribution in [0.2, 0.25) is 0 Å². The average molecular weight is 286 g/mol. The highest BCUT2D eigenvalue weighted by Crippen LogP contribution is 2.20. The van der Waals surface area contributed by atoms with Crippen LogP contribution in [0.1, 0.15) is 52.4 Å². The fourth-order valence-electron chi connectivity index (χ4n) is 2.52. The predicted molar refractivity (Wildman–Crippen MR) is 87.8 cm³/mol. The van der Waals surface area contributed by atoms with Crippen molar-refractivity contribution in [3.05, 3.63) is 36.9 Å². The van der Waals surface area contributed by atoms with Crippen LogP contribution in [0.15, 0.2) is 36.9 Å². The van der Waals surface area contributed by atoms with Gasteiger partial charge in [-0.05, 0) is 25.5 Å². The summed E-state index contributed by atoms with van der Waals surface area (Å²) in [7, 11) is 0. The number of hydrogen-bond donors (Lipinski definition) is 1. The van der Waals surface area contributed by atoms with Crippen molar-refractivity contribution in [3.63, 3.8) is 0 Å². The third kappa shape index (κ3) is 4.88. The summed E-state index contributed by atoms with van der Waals surface area (Å²) in [4.78, 5) is 4.02. The number of nitrogens with one attached hydrogen (secondary N) is 1. The molecule has 1 aromatic heterocycles. The van der Waals surface area contributed by atoms with Crippen LogP contribution in [0.4, 0.5) is 5.69 Å². The second-order valence-electron chi connectivity index (χ2n) is 5.61. The molecule has 1 unspecified atom stereocenters. The van der Waals surface area contributed by atoms with E-state index in [1.54, 1.807) is 17.3 Å². The van der Waals surface area contributed by atoms with Gasteiger partial charge in [-0.25, -0.2) is 9.67 Å². The lowest BCUT2D eigenvalue weighted by Gasteiger charge is -2.17. The van der Waals surface area contributed by atoms with Gasteiger partial charge in [0.15, 0.2) is 0 Å². The number of unbranched alkanes of at least 4 members (excludes halogenated alkanes) is 4. The van der Waals surface area contributed by atoms with Gasteiger partial charge in [0.2, 0.25) is 0 Å². The Morgan fingerprint density at radius 3 is 2.71 bits per heavy atom. The van der Waals surface area contributed by atoms with Crippen molar-refractivity contribution in [1.29, 1.82) is 0 Å². The number of benzene rings is 1. The van der Waals surface area contributed by atoms with Crippen molar-refractivity contribution in [2.24, 2.45) is 0 Å². The normalized spacial score (nSPS) is 12.3. The maximum absolute atomic E-state index is 4.22. The lowest BCUT2D eigenvalue weighted by Crippen LogP contribution is -2.16. The van der Waals surface area contributed by atoms with Gasteiger partial charge in [-0.15, -0.1) is 0 Å². The van der Waals surface area contributed by atoms with Crippen LogP contribution in [-0.2, 0) is 0 Å². The Morgan fingerprint density at radius 1 is 1.14 bits per heavy atom. The molecular formula is C17H26N4. The Bertz CT molecular complexity index is 507. The van der Waals surface area contributed by atoms with Gasteiger partial charge >= 0.3 is 0 Å². The van der Waals surface area contributed by atoms with Crippen LogP contribution in [0.5, 0.6) is 0 Å². The first-order valence-corrected chi connectivity index (χ1v) is 8.02. The minimum atomic E-state index is 0.469. The summed E-state index contributed by atoms with van der Waals surface area (Å²) in [6, 6.07) is 8.71. The molecule has 0 aliphatic carbocycles. The molecule has 0 aliphatic heterocycles. The van der Waals surface area contributed by atoms with E-state index in [1.165, 1.54) is 38.5 Å². The Hall–Kier alpha value is -1.84. The molecule has 114 valence electrons. The molecule has 0 aliphatic rings. The summed E-state index contributed by atoms with van der Waals surface area (Å²) in [5, 5.41) is 7.82. The molecule has 0 saturated carbocycles. The first-order valence-electron chi connectivity index (χ1n) is 8.02. The standard InChI is InChI=1S/C17H26N4/c1-3-4-5-6-7-10-15(2)20-16-11-8-9-12-17(16)21-14-18-13-19-21/h8-9,11-15,20H,3-7,10H2,1-2H3. The van der Waals surface area contributed by atoms with E-state index < -0.39 is 0 Å². The van der Waals surface area contributed by atoms with Gasteiger partial charge in [-0.3, -0.25) is 0 Å². The molecule has 1 heterocycles. The molecule has 0 spiro atoms. The molecule has 0 amide bonds. The van der Waals surface area contributed by atoms with Crippen LogP contribution in [0.3, 0.4) is 0 Å². The maximum Gasteiger partial charge on any atom is 0.138 e. The Labute approximate surface area is 127 Å². The van der Waals surface area contributed by atoms with Crippen LogP contribution < -0.4 is 5.32 Å². The van der Waals surface area contributed by atoms with E-state index in [1.807, 2.05) is 6.07 Å². The minimum absolute atomic E-state index is 0.469. The molecule has 0 radical (unpaired) electrons. The molecule has 0 saturated heterocycles. The van der Waals surface area contributed by atoms with Crippen molar-refractivity contribution in [3.8, 4) is 5.69 Å². The number of hydrogen-bond acceptors (Lipinski definition) is 3. The Kier molecular flexibility index (Phi) is 6.25. The lowest BCUT2D eigenvalue weighted by molar-refractivity contribution is 0.578. The summed E-state index contributed by atoms with van der Waals surface area (Å²) in [5.74, 6) is 0. The SMILES string of the molecule is CCCCCCCC(C)Nc1ccccc1-n1cncn1. The topological polar surface area (TPSA) is 42.7 Å². The van der Waals surface area contributed by atoms with E-state index in [0.29, 0.717) is 6.04 Å². The maximum atomic E-state index is 4.22. The third-order valence-corrected chi connectivity index (χ3v) is 3.71. The van der Waals surface area contributed by atoms with Crippen LogP contribution >= 0.6 is 0 Å². The van der Waals surface area contributed by atoms with Gasteiger partial charge < -0.3 is 5.32 Å². The van der Waals surface area contributed by atoms with E-state index in [9.17, 15) is 0 Å². The van der Waals surface area contributed by atoms with Crippen molar-refractivity contribution in [2.75, 3.05) is 5.32 Å². The highest BCUT2D eigenvalue weighted by atomic mass is 15.3. The van der Waals surface area contributed by atoms with Gasteiger partial charge in [-0.1, -0.05) is 51.2 Å². The van der Waals surface area contributed by atoms with Crippen molar-refractivity contribution in [1.82, 2.24) is 14.8 Å². The minimum Gasteiger partial charge on any atom is -0.381 e. The summed E-state index contributed by atoms with van der Waals surface area (Å²) in [5.41, 5.74) is 2.16. The molecule has 0 fully saturated rings. The molecule has 21 heavy (non-hydrogen) atoms. The molecule has 2 rings (SSSR count). The van der Waals surface area contributed by atoms with E-state index in [2.05, 4.69) is 47.4 Å². The van der Waals surface area contributed by atoms with E-state index in [0.717, 1.165) is 11.4 Å². The number of nitrogens with zero attached hydrogens (tertiary/aromatic N) is 3. The van der Waals surface area contributed by atoms with E-state index in [4.69, 9.17) is 0 Å². The molecule has 2 aromatic rings. The molecule has 4 heteroatoms. The molecule has 1 aromatic carbocycles. The summed E-state index contributed by atoms with van der Waals surface area (Å²) < 4.78 is 1.80. The highest BCUT2D eigenvalue weighted by Gasteiger charge is 2.07. The highest BCUT2D eigenvalue weighted by molar-refractivity contribution is 5.60. The first-order chi connectivity index (χ1) is 10.3. The fourth-order valence-corrected chi connectivity index (χ4v) is 2.52. The Balaban J connectivity index is 1.88.